The highest BCUT2D eigenvalue weighted by Crippen LogP contribution is 2.33. The molecule has 7 nitrogen and oxygen atoms in total. The molecule has 1 amide bonds. The van der Waals surface area contributed by atoms with E-state index >= 15 is 0 Å². The summed E-state index contributed by atoms with van der Waals surface area (Å²) in [5, 5.41) is 13.7. The molecule has 3 aromatic rings. The second kappa shape index (κ2) is 7.69. The molecule has 0 fully saturated rings. The van der Waals surface area contributed by atoms with E-state index in [4.69, 9.17) is 4.74 Å². The number of nitrogens with one attached hydrogen (secondary N) is 1. The third-order valence-electron chi connectivity index (χ3n) is 3.81. The zero-order valence-corrected chi connectivity index (χ0v) is 15.5. The Morgan fingerprint density at radius 2 is 1.93 bits per heavy atom. The van der Waals surface area contributed by atoms with Crippen LogP contribution in [-0.2, 0) is 0 Å². The molecule has 1 N–H and O–H groups in total. The Hall–Kier alpha value is -3.40. The maximum Gasteiger partial charge on any atom is 0.312 e. The van der Waals surface area contributed by atoms with Crippen molar-refractivity contribution in [2.75, 3.05) is 12.4 Å². The van der Waals surface area contributed by atoms with E-state index in [1.165, 1.54) is 32.2 Å². The van der Waals surface area contributed by atoms with Crippen LogP contribution in [0.2, 0.25) is 0 Å². The van der Waals surface area contributed by atoms with E-state index < -0.39 is 22.5 Å². The second-order valence-corrected chi connectivity index (χ2v) is 6.63. The highest BCUT2D eigenvalue weighted by atomic mass is 32.1. The van der Waals surface area contributed by atoms with Gasteiger partial charge in [0, 0.05) is 11.8 Å². The van der Waals surface area contributed by atoms with Gasteiger partial charge in [-0.15, -0.1) is 11.3 Å². The fourth-order valence-corrected chi connectivity index (χ4v) is 3.52. The lowest BCUT2D eigenvalue weighted by Crippen LogP contribution is -2.11. The van der Waals surface area contributed by atoms with Crippen LogP contribution < -0.4 is 10.1 Å². The van der Waals surface area contributed by atoms with Crippen LogP contribution >= 0.6 is 11.3 Å². The molecular formula is C18H13F2N3O4S. The highest BCUT2D eigenvalue weighted by molar-refractivity contribution is 7.17. The molecule has 0 unspecified atom stereocenters. The molecule has 0 atom stereocenters. The number of amides is 1. The molecule has 0 aliphatic heterocycles. The van der Waals surface area contributed by atoms with Crippen molar-refractivity contribution in [1.29, 1.82) is 0 Å². The Labute approximate surface area is 161 Å². The zero-order valence-electron chi connectivity index (χ0n) is 14.7. The van der Waals surface area contributed by atoms with Crippen molar-refractivity contribution >= 4 is 28.6 Å². The van der Waals surface area contributed by atoms with Crippen LogP contribution in [-0.4, -0.2) is 22.9 Å². The first-order valence-corrected chi connectivity index (χ1v) is 8.69. The van der Waals surface area contributed by atoms with Gasteiger partial charge in [-0.05, 0) is 31.2 Å². The van der Waals surface area contributed by atoms with Gasteiger partial charge in [0.25, 0.3) is 5.91 Å². The average Bonchev–Trinajstić information content (AvgIpc) is 3.02. The largest absolute Gasteiger partial charge is 0.490 e. The van der Waals surface area contributed by atoms with E-state index in [-0.39, 0.29) is 38.3 Å². The van der Waals surface area contributed by atoms with Crippen molar-refractivity contribution in [1.82, 2.24) is 4.98 Å². The molecule has 0 aliphatic carbocycles. The number of nitrogens with zero attached hydrogens (tertiary/aromatic N) is 2. The van der Waals surface area contributed by atoms with Gasteiger partial charge in [-0.25, -0.2) is 13.8 Å². The third kappa shape index (κ3) is 3.67. The minimum Gasteiger partial charge on any atom is -0.490 e. The molecule has 0 saturated carbocycles. The van der Waals surface area contributed by atoms with Gasteiger partial charge < -0.3 is 10.1 Å². The number of benzene rings is 2. The van der Waals surface area contributed by atoms with Crippen LogP contribution in [0.3, 0.4) is 0 Å². The summed E-state index contributed by atoms with van der Waals surface area (Å²) >= 11 is 0.825. The van der Waals surface area contributed by atoms with E-state index in [0.717, 1.165) is 29.5 Å². The summed E-state index contributed by atoms with van der Waals surface area (Å²) in [5.41, 5.74) is -0.169. The summed E-state index contributed by atoms with van der Waals surface area (Å²) in [6.45, 7) is 1.53. The first-order valence-electron chi connectivity index (χ1n) is 7.87. The number of ether oxygens (including phenoxy) is 1. The topological polar surface area (TPSA) is 94.4 Å². The Bertz CT molecular complexity index is 1060. The molecule has 28 heavy (non-hydrogen) atoms. The van der Waals surface area contributed by atoms with Gasteiger partial charge in [0.15, 0.2) is 5.75 Å². The van der Waals surface area contributed by atoms with Gasteiger partial charge in [0.2, 0.25) is 0 Å². The number of nitro benzene ring substituents is 1. The van der Waals surface area contributed by atoms with Crippen LogP contribution in [0, 0.1) is 28.7 Å². The molecule has 144 valence electrons. The number of carbonyl (C=O) groups excluding carboxylic acids is 1. The number of rotatable bonds is 5. The maximum absolute atomic E-state index is 14.0. The predicted octanol–water partition coefficient (Wildman–Crippen LogP) is 4.57. The zero-order chi connectivity index (χ0) is 20.4. The molecule has 0 aliphatic rings. The van der Waals surface area contributed by atoms with E-state index in [9.17, 15) is 23.7 Å². The van der Waals surface area contributed by atoms with E-state index in [1.807, 2.05) is 0 Å². The van der Waals surface area contributed by atoms with E-state index in [2.05, 4.69) is 10.3 Å². The van der Waals surface area contributed by atoms with Crippen molar-refractivity contribution in [3.63, 3.8) is 0 Å². The minimum atomic E-state index is -0.786. The molecule has 1 aromatic heterocycles. The lowest BCUT2D eigenvalue weighted by Gasteiger charge is -2.06. The summed E-state index contributed by atoms with van der Waals surface area (Å²) in [7, 11) is 1.30. The monoisotopic (exact) mass is 405 g/mol. The third-order valence-corrected chi connectivity index (χ3v) is 4.99. The SMILES string of the molecule is COc1ccc(NC(=O)c2sc(-c3c(F)cccc3F)nc2C)cc1[N+](=O)[O-]. The number of hydrogen-bond acceptors (Lipinski definition) is 6. The van der Waals surface area contributed by atoms with Crippen molar-refractivity contribution in [2.24, 2.45) is 0 Å². The standard InChI is InChI=1S/C18H13F2N3O4S/c1-9-16(28-18(21-9)15-11(19)4-3-5-12(15)20)17(24)22-10-6-7-14(27-2)13(8-10)23(25)26/h3-8H,1-2H3,(H,22,24). The molecule has 1 heterocycles. The minimum absolute atomic E-state index is 0.0268. The lowest BCUT2D eigenvalue weighted by molar-refractivity contribution is -0.385. The van der Waals surface area contributed by atoms with Gasteiger partial charge in [-0.1, -0.05) is 6.07 Å². The number of carbonyl (C=O) groups is 1. The fourth-order valence-electron chi connectivity index (χ4n) is 2.51. The summed E-state index contributed by atoms with van der Waals surface area (Å²) < 4.78 is 32.8. The Morgan fingerprint density at radius 3 is 2.54 bits per heavy atom. The van der Waals surface area contributed by atoms with Crippen LogP contribution in [0.1, 0.15) is 15.4 Å². The summed E-state index contributed by atoms with van der Waals surface area (Å²) in [4.78, 5) is 27.2. The molecule has 2 aromatic carbocycles. The molecule has 10 heteroatoms. The molecule has 0 radical (unpaired) electrons. The molecular weight excluding hydrogens is 392 g/mol. The molecule has 0 bridgehead atoms. The van der Waals surface area contributed by atoms with Crippen molar-refractivity contribution < 1.29 is 23.2 Å². The highest BCUT2D eigenvalue weighted by Gasteiger charge is 2.22. The van der Waals surface area contributed by atoms with Gasteiger partial charge in [-0.3, -0.25) is 14.9 Å². The Balaban J connectivity index is 1.91. The van der Waals surface area contributed by atoms with Crippen molar-refractivity contribution in [3.05, 3.63) is 68.7 Å². The normalized spacial score (nSPS) is 10.6. The Kier molecular flexibility index (Phi) is 5.32. The fraction of sp³-hybridized carbons (Fsp3) is 0.111. The van der Waals surface area contributed by atoms with Crippen LogP contribution in [0.4, 0.5) is 20.2 Å². The van der Waals surface area contributed by atoms with E-state index in [1.54, 1.807) is 0 Å². The Morgan fingerprint density at radius 1 is 1.25 bits per heavy atom. The van der Waals surface area contributed by atoms with Crippen molar-refractivity contribution in [2.45, 2.75) is 6.92 Å². The number of methoxy groups -OCH3 is 1. The molecule has 0 saturated heterocycles. The van der Waals surface area contributed by atoms with Gasteiger partial charge >= 0.3 is 5.69 Å². The summed E-state index contributed by atoms with van der Waals surface area (Å²) in [6.07, 6.45) is 0. The maximum atomic E-state index is 14.0. The van der Waals surface area contributed by atoms with E-state index in [0.29, 0.717) is 0 Å². The molecule has 0 spiro atoms. The number of hydrogen-bond donors (Lipinski definition) is 1. The molecule has 3 rings (SSSR count). The first-order chi connectivity index (χ1) is 13.3. The number of aromatic nitrogens is 1. The predicted molar refractivity (Wildman–Crippen MR) is 99.8 cm³/mol. The summed E-state index contributed by atoms with van der Waals surface area (Å²) in [6, 6.07) is 7.39. The van der Waals surface area contributed by atoms with Crippen LogP contribution in [0.25, 0.3) is 10.6 Å². The van der Waals surface area contributed by atoms with Crippen LogP contribution in [0.15, 0.2) is 36.4 Å². The van der Waals surface area contributed by atoms with Crippen LogP contribution in [0.5, 0.6) is 5.75 Å². The number of aryl methyl sites for hydroxylation is 1. The van der Waals surface area contributed by atoms with Gasteiger partial charge in [0.05, 0.1) is 23.3 Å². The first kappa shape index (κ1) is 19.4. The average molecular weight is 405 g/mol. The van der Waals surface area contributed by atoms with Gasteiger partial charge in [0.1, 0.15) is 21.5 Å². The quantitative estimate of drug-likeness (QED) is 0.496. The smallest absolute Gasteiger partial charge is 0.312 e. The second-order valence-electron chi connectivity index (χ2n) is 5.63. The summed E-state index contributed by atoms with van der Waals surface area (Å²) in [5.74, 6) is -2.12. The number of thiazole rings is 1. The number of anilines is 1. The lowest BCUT2D eigenvalue weighted by atomic mass is 10.2. The number of nitro groups is 1. The number of halogens is 2. The van der Waals surface area contributed by atoms with Gasteiger partial charge in [-0.2, -0.15) is 0 Å². The van der Waals surface area contributed by atoms with Crippen molar-refractivity contribution in [3.8, 4) is 16.3 Å².